The first-order valence-corrected chi connectivity index (χ1v) is 6.34. The number of nitrogens with zero attached hydrogens (tertiary/aromatic N) is 2. The highest BCUT2D eigenvalue weighted by Crippen LogP contribution is 2.10. The molecule has 0 bridgehead atoms. The predicted molar refractivity (Wildman–Crippen MR) is 79.6 cm³/mol. The third kappa shape index (κ3) is 3.16. The molecule has 0 radical (unpaired) electrons. The van der Waals surface area contributed by atoms with Gasteiger partial charge in [-0.1, -0.05) is 0 Å². The van der Waals surface area contributed by atoms with E-state index in [2.05, 4.69) is 23.0 Å². The molecule has 0 saturated heterocycles. The molecule has 0 aliphatic heterocycles. The average Bonchev–Trinajstić information content (AvgIpc) is 2.46. The number of thiol groups is 1. The van der Waals surface area contributed by atoms with Crippen LogP contribution in [-0.4, -0.2) is 22.6 Å². The number of nitrogens with one attached hydrogen (secondary N) is 1. The Balaban J connectivity index is 2.43. The minimum atomic E-state index is -0.440. The zero-order valence-corrected chi connectivity index (χ0v) is 11.7. The van der Waals surface area contributed by atoms with E-state index in [1.807, 2.05) is 0 Å². The van der Waals surface area contributed by atoms with E-state index >= 15 is 0 Å². The van der Waals surface area contributed by atoms with E-state index in [4.69, 9.17) is 0 Å². The summed E-state index contributed by atoms with van der Waals surface area (Å²) in [4.78, 5) is 24.4. The standard InChI is InChI=1S/C14H13N3O2S/c1-15-8-6-12(18)14-13(19)7-9-17(16-14)10-2-4-11(20)5-3-10/h2-9,15,20H,1H3. The first kappa shape index (κ1) is 14.1. The van der Waals surface area contributed by atoms with Gasteiger partial charge in [0.2, 0.25) is 11.2 Å². The number of rotatable bonds is 4. The number of hydrogen-bond donors (Lipinski definition) is 2. The topological polar surface area (TPSA) is 64.0 Å². The highest BCUT2D eigenvalue weighted by atomic mass is 32.1. The summed E-state index contributed by atoms with van der Waals surface area (Å²) < 4.78 is 1.48. The fraction of sp³-hybridized carbons (Fsp3) is 0.0714. The van der Waals surface area contributed by atoms with E-state index in [0.29, 0.717) is 0 Å². The number of ketones is 1. The number of allylic oxidation sites excluding steroid dienone is 1. The molecule has 102 valence electrons. The second-order valence-electron chi connectivity index (χ2n) is 3.98. The summed E-state index contributed by atoms with van der Waals surface area (Å²) in [5.74, 6) is -0.440. The minimum absolute atomic E-state index is 0.117. The Bertz CT molecular complexity index is 705. The Morgan fingerprint density at radius 2 is 2.00 bits per heavy atom. The maximum absolute atomic E-state index is 11.8. The van der Waals surface area contributed by atoms with Gasteiger partial charge in [0.05, 0.1) is 5.69 Å². The monoisotopic (exact) mass is 287 g/mol. The van der Waals surface area contributed by atoms with Gasteiger partial charge in [-0.2, -0.15) is 5.10 Å². The van der Waals surface area contributed by atoms with Crippen LogP contribution < -0.4 is 10.7 Å². The van der Waals surface area contributed by atoms with Gasteiger partial charge >= 0.3 is 0 Å². The molecule has 1 N–H and O–H groups in total. The number of carbonyl (C=O) groups excluding carboxylic acids is 1. The molecule has 20 heavy (non-hydrogen) atoms. The second-order valence-corrected chi connectivity index (χ2v) is 4.49. The maximum Gasteiger partial charge on any atom is 0.211 e. The zero-order chi connectivity index (χ0) is 14.5. The van der Waals surface area contributed by atoms with Crippen molar-refractivity contribution in [3.63, 3.8) is 0 Å². The second kappa shape index (κ2) is 6.21. The first-order chi connectivity index (χ1) is 9.61. The molecule has 2 aromatic rings. The van der Waals surface area contributed by atoms with Crippen LogP contribution in [0.3, 0.4) is 0 Å². The molecule has 0 aliphatic carbocycles. The third-order valence-corrected chi connectivity index (χ3v) is 2.86. The lowest BCUT2D eigenvalue weighted by atomic mass is 10.2. The van der Waals surface area contributed by atoms with E-state index in [1.165, 1.54) is 29.2 Å². The molecule has 0 unspecified atom stereocenters. The summed E-state index contributed by atoms with van der Waals surface area (Å²) in [5, 5.41) is 6.77. The van der Waals surface area contributed by atoms with Crippen molar-refractivity contribution in [2.75, 3.05) is 7.05 Å². The summed E-state index contributed by atoms with van der Waals surface area (Å²) >= 11 is 4.20. The summed E-state index contributed by atoms with van der Waals surface area (Å²) in [5.41, 5.74) is 0.223. The van der Waals surface area contributed by atoms with Crippen LogP contribution >= 0.6 is 12.6 Å². The highest BCUT2D eigenvalue weighted by Gasteiger charge is 2.10. The van der Waals surface area contributed by atoms with Gasteiger partial charge in [0, 0.05) is 36.5 Å². The third-order valence-electron chi connectivity index (χ3n) is 2.56. The van der Waals surface area contributed by atoms with Crippen molar-refractivity contribution in [2.45, 2.75) is 4.90 Å². The molecular formula is C14H13N3O2S. The minimum Gasteiger partial charge on any atom is -0.394 e. The maximum atomic E-state index is 11.8. The van der Waals surface area contributed by atoms with Crippen LogP contribution in [0.2, 0.25) is 0 Å². The fourth-order valence-electron chi connectivity index (χ4n) is 1.57. The number of carbonyl (C=O) groups is 1. The summed E-state index contributed by atoms with van der Waals surface area (Å²) in [6.07, 6.45) is 4.25. The molecule has 0 atom stereocenters. The van der Waals surface area contributed by atoms with Crippen LogP contribution in [0.1, 0.15) is 10.5 Å². The number of hydrogen-bond acceptors (Lipinski definition) is 5. The lowest BCUT2D eigenvalue weighted by molar-refractivity contribution is 0.103. The normalized spacial score (nSPS) is 10.7. The average molecular weight is 287 g/mol. The Morgan fingerprint density at radius 1 is 1.30 bits per heavy atom. The van der Waals surface area contributed by atoms with Crippen LogP contribution in [0, 0.1) is 0 Å². The van der Waals surface area contributed by atoms with Crippen molar-refractivity contribution in [1.82, 2.24) is 15.1 Å². The Labute approximate surface area is 121 Å². The molecule has 0 spiro atoms. The van der Waals surface area contributed by atoms with Gasteiger partial charge < -0.3 is 5.32 Å². The molecule has 0 saturated carbocycles. The van der Waals surface area contributed by atoms with Crippen molar-refractivity contribution in [1.29, 1.82) is 0 Å². The summed E-state index contributed by atoms with van der Waals surface area (Å²) in [6.45, 7) is 0. The molecule has 0 fully saturated rings. The van der Waals surface area contributed by atoms with Crippen molar-refractivity contribution < 1.29 is 4.79 Å². The van der Waals surface area contributed by atoms with Crippen LogP contribution in [0.25, 0.3) is 5.69 Å². The predicted octanol–water partition coefficient (Wildman–Crippen LogP) is 1.44. The first-order valence-electron chi connectivity index (χ1n) is 5.89. The lowest BCUT2D eigenvalue weighted by Gasteiger charge is -2.06. The number of benzene rings is 1. The highest BCUT2D eigenvalue weighted by molar-refractivity contribution is 7.80. The molecule has 5 nitrogen and oxygen atoms in total. The van der Waals surface area contributed by atoms with Crippen molar-refractivity contribution in [3.05, 3.63) is 64.7 Å². The Hall–Kier alpha value is -2.34. The van der Waals surface area contributed by atoms with Gasteiger partial charge in [-0.15, -0.1) is 12.6 Å². The molecule has 1 aromatic heterocycles. The van der Waals surface area contributed by atoms with Crippen LogP contribution in [0.5, 0.6) is 0 Å². The van der Waals surface area contributed by atoms with E-state index < -0.39 is 11.2 Å². The van der Waals surface area contributed by atoms with E-state index in [9.17, 15) is 9.59 Å². The van der Waals surface area contributed by atoms with E-state index in [0.717, 1.165) is 10.6 Å². The zero-order valence-electron chi connectivity index (χ0n) is 10.8. The van der Waals surface area contributed by atoms with Gasteiger partial charge in [0.15, 0.2) is 5.69 Å². The van der Waals surface area contributed by atoms with Crippen LogP contribution in [-0.2, 0) is 0 Å². The number of aromatic nitrogens is 2. The van der Waals surface area contributed by atoms with Crippen LogP contribution in [0.15, 0.2) is 58.5 Å². The quantitative estimate of drug-likeness (QED) is 0.507. The van der Waals surface area contributed by atoms with Crippen molar-refractivity contribution >= 4 is 18.4 Å². The summed E-state index contributed by atoms with van der Waals surface area (Å²) in [6, 6.07) is 8.54. The molecule has 2 rings (SSSR count). The lowest BCUT2D eigenvalue weighted by Crippen LogP contribution is -2.19. The SMILES string of the molecule is CNC=CC(=O)c1nn(-c2ccc(S)cc2)ccc1=O. The largest absolute Gasteiger partial charge is 0.394 e. The van der Waals surface area contributed by atoms with Gasteiger partial charge in [-0.3, -0.25) is 9.59 Å². The Kier molecular flexibility index (Phi) is 4.37. The van der Waals surface area contributed by atoms with E-state index in [-0.39, 0.29) is 5.69 Å². The Morgan fingerprint density at radius 3 is 2.65 bits per heavy atom. The van der Waals surface area contributed by atoms with Gasteiger partial charge in [0.1, 0.15) is 0 Å². The van der Waals surface area contributed by atoms with Gasteiger partial charge in [0.25, 0.3) is 0 Å². The molecular weight excluding hydrogens is 274 g/mol. The van der Waals surface area contributed by atoms with Crippen molar-refractivity contribution in [2.24, 2.45) is 0 Å². The molecule has 0 aliphatic rings. The van der Waals surface area contributed by atoms with Gasteiger partial charge in [-0.05, 0) is 24.3 Å². The molecule has 1 aromatic carbocycles. The van der Waals surface area contributed by atoms with E-state index in [1.54, 1.807) is 31.3 Å². The van der Waals surface area contributed by atoms with Crippen LogP contribution in [0.4, 0.5) is 0 Å². The molecule has 6 heteroatoms. The smallest absolute Gasteiger partial charge is 0.211 e. The summed E-state index contributed by atoms with van der Waals surface area (Å²) in [7, 11) is 1.67. The fourth-order valence-corrected chi connectivity index (χ4v) is 1.71. The van der Waals surface area contributed by atoms with Crippen molar-refractivity contribution in [3.8, 4) is 5.69 Å². The van der Waals surface area contributed by atoms with Gasteiger partial charge in [-0.25, -0.2) is 4.68 Å². The molecule has 0 amide bonds. The molecule has 1 heterocycles.